The number of aromatic nitrogens is 2. The zero-order valence-corrected chi connectivity index (χ0v) is 22.8. The van der Waals surface area contributed by atoms with Gasteiger partial charge < -0.3 is 31.6 Å². The number of halogens is 1. The second kappa shape index (κ2) is 10.0. The molecule has 39 heavy (non-hydrogen) atoms. The standard InChI is InChI=1S/C29H36FN6O3/c1-28(2)14-20(29(3,4)36(28)39)27(38)32-15-17-7-5-9-22(33-17)16-11-12-18(21(30)13-16)26-34-23-10-6-8-19(25(31)37)24(23)35-26/h6,8,10-13,17,20,22,33H,5,7,9,14-15H2,1-4H3,(H2,31,37)(H,32,38)(H,34,35)/q-1. The van der Waals surface area contributed by atoms with E-state index >= 15 is 4.39 Å². The smallest absolute Gasteiger partial charge is 0.250 e. The highest BCUT2D eigenvalue weighted by atomic mass is 19.1. The summed E-state index contributed by atoms with van der Waals surface area (Å²) < 4.78 is 15.3. The van der Waals surface area contributed by atoms with Crippen LogP contribution in [0.25, 0.3) is 22.4 Å². The highest BCUT2D eigenvalue weighted by molar-refractivity contribution is 6.04. The first-order valence-electron chi connectivity index (χ1n) is 13.5. The van der Waals surface area contributed by atoms with E-state index in [2.05, 4.69) is 20.6 Å². The molecule has 0 bridgehead atoms. The normalized spacial score (nSPS) is 24.6. The third kappa shape index (κ3) is 5.04. The van der Waals surface area contributed by atoms with Crippen LogP contribution in [0.2, 0.25) is 0 Å². The van der Waals surface area contributed by atoms with E-state index < -0.39 is 22.8 Å². The molecule has 2 aromatic carbocycles. The number of hydrogen-bond acceptors (Lipinski definition) is 6. The van der Waals surface area contributed by atoms with Gasteiger partial charge in [-0.05, 0) is 83.2 Å². The van der Waals surface area contributed by atoms with Crippen LogP contribution in [-0.4, -0.2) is 50.5 Å². The second-order valence-corrected chi connectivity index (χ2v) is 12.0. The van der Waals surface area contributed by atoms with Crippen LogP contribution in [-0.2, 0) is 4.79 Å². The molecular formula is C29H36FN6O3-. The molecule has 2 aliphatic heterocycles. The summed E-state index contributed by atoms with van der Waals surface area (Å²) in [6, 6.07) is 10.1. The van der Waals surface area contributed by atoms with Crippen molar-refractivity contribution in [1.29, 1.82) is 0 Å². The second-order valence-electron chi connectivity index (χ2n) is 12.0. The number of nitrogens with two attached hydrogens (primary N) is 1. The van der Waals surface area contributed by atoms with Crippen molar-refractivity contribution in [2.45, 2.75) is 76.5 Å². The predicted octanol–water partition coefficient (Wildman–Crippen LogP) is 4.14. The van der Waals surface area contributed by atoms with Crippen molar-refractivity contribution in [3.63, 3.8) is 0 Å². The maximum absolute atomic E-state index is 15.3. The highest BCUT2D eigenvalue weighted by Gasteiger charge is 2.49. The molecular weight excluding hydrogens is 499 g/mol. The summed E-state index contributed by atoms with van der Waals surface area (Å²) in [5.74, 6) is -1.17. The number of hydrogen-bond donors (Lipinski definition) is 4. The fourth-order valence-corrected chi connectivity index (χ4v) is 6.26. The number of aromatic amines is 1. The van der Waals surface area contributed by atoms with Crippen LogP contribution in [0.5, 0.6) is 0 Å². The Labute approximate surface area is 227 Å². The molecule has 1 aromatic heterocycles. The average molecular weight is 536 g/mol. The lowest BCUT2D eigenvalue weighted by atomic mass is 9.86. The van der Waals surface area contributed by atoms with Crippen LogP contribution in [0.4, 0.5) is 4.39 Å². The topological polar surface area (TPSA) is 139 Å². The molecule has 3 aromatic rings. The number of carbonyl (C=O) groups is 2. The lowest BCUT2D eigenvalue weighted by molar-refractivity contribution is -0.127. The van der Waals surface area contributed by atoms with Gasteiger partial charge in [-0.1, -0.05) is 12.1 Å². The first-order chi connectivity index (χ1) is 18.4. The number of carbonyl (C=O) groups excluding carboxylic acids is 2. The lowest BCUT2D eigenvalue weighted by Crippen LogP contribution is -2.50. The number of amides is 2. The Morgan fingerprint density at radius 2 is 1.97 bits per heavy atom. The van der Waals surface area contributed by atoms with Gasteiger partial charge in [0.05, 0.1) is 22.6 Å². The van der Waals surface area contributed by atoms with E-state index in [0.29, 0.717) is 35.4 Å². The Kier molecular flexibility index (Phi) is 6.98. The van der Waals surface area contributed by atoms with E-state index in [-0.39, 0.29) is 29.5 Å². The zero-order valence-electron chi connectivity index (χ0n) is 22.8. The summed E-state index contributed by atoms with van der Waals surface area (Å²) in [6.07, 6.45) is 3.20. The first kappa shape index (κ1) is 27.2. The lowest BCUT2D eigenvalue weighted by Gasteiger charge is -2.47. The summed E-state index contributed by atoms with van der Waals surface area (Å²) in [7, 11) is 0. The Bertz CT molecular complexity index is 1420. The molecule has 2 amide bonds. The van der Waals surface area contributed by atoms with Gasteiger partial charge in [-0.2, -0.15) is 0 Å². The Morgan fingerprint density at radius 3 is 2.64 bits per heavy atom. The summed E-state index contributed by atoms with van der Waals surface area (Å²) in [4.78, 5) is 32.3. The summed E-state index contributed by atoms with van der Waals surface area (Å²) in [5.41, 5.74) is 6.53. The first-order valence-corrected chi connectivity index (χ1v) is 13.5. The van der Waals surface area contributed by atoms with Crippen LogP contribution in [0.3, 0.4) is 0 Å². The molecule has 9 nitrogen and oxygen atoms in total. The number of fused-ring (bicyclic) bond motifs is 1. The Hall–Kier alpha value is -3.34. The van der Waals surface area contributed by atoms with E-state index in [9.17, 15) is 14.8 Å². The summed E-state index contributed by atoms with van der Waals surface area (Å²) >= 11 is 0. The number of rotatable bonds is 6. The van der Waals surface area contributed by atoms with Gasteiger partial charge in [-0.25, -0.2) is 9.37 Å². The molecule has 5 N–H and O–H groups in total. The minimum atomic E-state index is -0.767. The number of piperidine rings is 1. The van der Waals surface area contributed by atoms with E-state index in [1.54, 1.807) is 24.3 Å². The van der Waals surface area contributed by atoms with Crippen LogP contribution in [0.15, 0.2) is 36.4 Å². The predicted molar refractivity (Wildman–Crippen MR) is 148 cm³/mol. The van der Waals surface area contributed by atoms with Gasteiger partial charge in [-0.3, -0.25) is 9.59 Å². The Balaban J connectivity index is 1.26. The van der Waals surface area contributed by atoms with E-state index in [1.165, 1.54) is 6.07 Å². The van der Waals surface area contributed by atoms with Crippen LogP contribution in [0.1, 0.15) is 75.3 Å². The largest absolute Gasteiger partial charge is 0.784 e. The molecule has 3 heterocycles. The maximum atomic E-state index is 15.3. The number of nitrogens with zero attached hydrogens (tertiary/aromatic N) is 2. The van der Waals surface area contributed by atoms with E-state index in [4.69, 9.17) is 5.73 Å². The number of para-hydroxylation sites is 1. The molecule has 0 saturated carbocycles. The van der Waals surface area contributed by atoms with Crippen molar-refractivity contribution in [3.05, 3.63) is 58.5 Å². The number of H-pyrrole nitrogens is 1. The molecule has 2 fully saturated rings. The van der Waals surface area contributed by atoms with E-state index in [0.717, 1.165) is 29.9 Å². The van der Waals surface area contributed by atoms with Crippen LogP contribution in [0, 0.1) is 16.9 Å². The van der Waals surface area contributed by atoms with Crippen molar-refractivity contribution in [3.8, 4) is 11.4 Å². The van der Waals surface area contributed by atoms with Gasteiger partial charge in [0.2, 0.25) is 5.91 Å². The highest BCUT2D eigenvalue weighted by Crippen LogP contribution is 2.44. The molecule has 2 saturated heterocycles. The van der Waals surface area contributed by atoms with Crippen molar-refractivity contribution in [1.82, 2.24) is 25.7 Å². The molecule has 0 spiro atoms. The quantitative estimate of drug-likeness (QED) is 0.374. The van der Waals surface area contributed by atoms with Gasteiger partial charge >= 0.3 is 0 Å². The van der Waals surface area contributed by atoms with Gasteiger partial charge in [0.25, 0.3) is 5.91 Å². The molecule has 0 aliphatic carbocycles. The van der Waals surface area contributed by atoms with Gasteiger partial charge in [0, 0.05) is 29.7 Å². The monoisotopic (exact) mass is 535 g/mol. The molecule has 208 valence electrons. The van der Waals surface area contributed by atoms with Gasteiger partial charge in [0.15, 0.2) is 0 Å². The van der Waals surface area contributed by atoms with Crippen molar-refractivity contribution >= 4 is 22.8 Å². The van der Waals surface area contributed by atoms with Crippen LogP contribution >= 0.6 is 0 Å². The number of imidazole rings is 1. The number of hydroxylamine groups is 2. The Morgan fingerprint density at radius 1 is 1.21 bits per heavy atom. The minimum absolute atomic E-state index is 0.0407. The average Bonchev–Trinajstić information content (AvgIpc) is 3.40. The SMILES string of the molecule is CC1(C)CC(C(=O)NCC2CCCC(c3ccc(-c4nc5c(C(N)=O)cccc5[nH]4)c(F)c3)N2)C(C)(C)N1[O-]. The van der Waals surface area contributed by atoms with E-state index in [1.807, 2.05) is 33.8 Å². The molecule has 2 aliphatic rings. The molecule has 3 unspecified atom stereocenters. The van der Waals surface area contributed by atoms with Crippen molar-refractivity contribution in [2.75, 3.05) is 6.54 Å². The summed E-state index contributed by atoms with van der Waals surface area (Å²) in [5, 5.41) is 20.3. The van der Waals surface area contributed by atoms with Gasteiger partial charge in [-0.15, -0.1) is 0 Å². The third-order valence-corrected chi connectivity index (χ3v) is 8.38. The van der Waals surface area contributed by atoms with Crippen molar-refractivity contribution in [2.24, 2.45) is 11.7 Å². The third-order valence-electron chi connectivity index (χ3n) is 8.38. The maximum Gasteiger partial charge on any atom is 0.250 e. The summed E-state index contributed by atoms with van der Waals surface area (Å²) in [6.45, 7) is 7.85. The fourth-order valence-electron chi connectivity index (χ4n) is 6.26. The molecule has 5 rings (SSSR count). The zero-order chi connectivity index (χ0) is 28.1. The molecule has 10 heteroatoms. The van der Waals surface area contributed by atoms with Gasteiger partial charge in [0.1, 0.15) is 17.2 Å². The number of benzene rings is 2. The minimum Gasteiger partial charge on any atom is -0.784 e. The molecule has 0 radical (unpaired) electrons. The molecule has 3 atom stereocenters. The van der Waals surface area contributed by atoms with Crippen molar-refractivity contribution < 1.29 is 14.0 Å². The van der Waals surface area contributed by atoms with Crippen LogP contribution < -0.4 is 16.4 Å². The number of nitrogens with one attached hydrogen (secondary N) is 3. The number of primary amides is 1. The fraction of sp³-hybridized carbons (Fsp3) is 0.483.